The van der Waals surface area contributed by atoms with Crippen LogP contribution < -0.4 is 25.3 Å². The predicted octanol–water partition coefficient (Wildman–Crippen LogP) is 2.25. The van der Waals surface area contributed by atoms with Crippen LogP contribution in [0, 0.1) is 0 Å². The summed E-state index contributed by atoms with van der Waals surface area (Å²) >= 11 is 6.01. The maximum absolute atomic E-state index is 14.0. The zero-order valence-electron chi connectivity index (χ0n) is 19.1. The smallest absolute Gasteiger partial charge is 0.424 e. The van der Waals surface area contributed by atoms with Crippen LogP contribution >= 0.6 is 11.6 Å². The lowest BCUT2D eigenvalue weighted by molar-refractivity contribution is -0.265. The molecule has 0 radical (unpaired) electrons. The van der Waals surface area contributed by atoms with Crippen molar-refractivity contribution in [3.63, 3.8) is 0 Å². The molecule has 2 heterocycles. The van der Waals surface area contributed by atoms with Gasteiger partial charge in [0.15, 0.2) is 22.4 Å². The van der Waals surface area contributed by atoms with Gasteiger partial charge in [-0.25, -0.2) is 4.98 Å². The topological polar surface area (TPSA) is 136 Å². The van der Waals surface area contributed by atoms with Gasteiger partial charge in [0.25, 0.3) is 5.91 Å². The van der Waals surface area contributed by atoms with Crippen molar-refractivity contribution >= 4 is 17.5 Å². The quantitative estimate of drug-likeness (QED) is 0.390. The lowest BCUT2D eigenvalue weighted by atomic mass is 9.91. The number of hydrogen-bond acceptors (Lipinski definition) is 8. The fraction of sp³-hybridized carbons (Fsp3) is 0.455. The average Bonchev–Trinajstić information content (AvgIpc) is 3.09. The molecule has 1 aliphatic heterocycles. The molecule has 5 N–H and O–H groups in total. The number of ether oxygens (including phenoxy) is 3. The first-order valence-corrected chi connectivity index (χ1v) is 10.8. The molecule has 3 atom stereocenters. The molecule has 0 bridgehead atoms. The van der Waals surface area contributed by atoms with Crippen molar-refractivity contribution in [3.05, 3.63) is 46.2 Å². The highest BCUT2D eigenvalue weighted by Gasteiger charge is 2.57. The normalized spacial score (nSPS) is 19.8. The lowest BCUT2D eigenvalue weighted by Gasteiger charge is -2.31. The third-order valence-electron chi connectivity index (χ3n) is 5.37. The van der Waals surface area contributed by atoms with Gasteiger partial charge in [0, 0.05) is 11.1 Å². The van der Waals surface area contributed by atoms with Gasteiger partial charge in [-0.3, -0.25) is 4.79 Å². The van der Waals surface area contributed by atoms with E-state index in [4.69, 9.17) is 31.5 Å². The van der Waals surface area contributed by atoms with Gasteiger partial charge in [0.05, 0.1) is 31.0 Å². The lowest BCUT2D eigenvalue weighted by Crippen LogP contribution is -2.51. The molecule has 1 amide bonds. The Balaban J connectivity index is 1.87. The van der Waals surface area contributed by atoms with Gasteiger partial charge in [-0.1, -0.05) is 11.6 Å². The van der Waals surface area contributed by atoms with E-state index in [1.165, 1.54) is 39.2 Å². The first-order chi connectivity index (χ1) is 16.2. The number of carbonyl (C=O) groups is 1. The van der Waals surface area contributed by atoms with Gasteiger partial charge < -0.3 is 35.5 Å². The molecule has 1 aromatic carbocycles. The molecule has 0 saturated carbocycles. The van der Waals surface area contributed by atoms with Gasteiger partial charge in [-0.15, -0.1) is 0 Å². The number of aliphatic hydroxyl groups is 2. The molecular weight excluding hydrogens is 495 g/mol. The summed E-state index contributed by atoms with van der Waals surface area (Å²) < 4.78 is 58.0. The zero-order valence-corrected chi connectivity index (χ0v) is 19.8. The minimum Gasteiger partial charge on any atom is -0.493 e. The molecule has 3 rings (SSSR count). The largest absolute Gasteiger partial charge is 0.493 e. The number of alkyl halides is 3. The number of aliphatic hydroxyl groups excluding tert-OH is 1. The maximum Gasteiger partial charge on any atom is 0.424 e. The van der Waals surface area contributed by atoms with Crippen molar-refractivity contribution in [2.45, 2.75) is 37.3 Å². The Labute approximate surface area is 203 Å². The molecule has 1 aliphatic rings. The minimum absolute atomic E-state index is 0.0346. The summed E-state index contributed by atoms with van der Waals surface area (Å²) in [5.41, 5.74) is 0.602. The van der Waals surface area contributed by atoms with E-state index in [9.17, 15) is 28.2 Å². The van der Waals surface area contributed by atoms with Crippen molar-refractivity contribution < 1.29 is 42.4 Å². The number of aromatic nitrogens is 1. The summed E-state index contributed by atoms with van der Waals surface area (Å²) in [6.07, 6.45) is -5.99. The number of nitrogens with zero attached hydrogens (tertiary/aromatic N) is 1. The maximum atomic E-state index is 14.0. The van der Waals surface area contributed by atoms with Crippen molar-refractivity contribution in [1.82, 2.24) is 10.3 Å². The highest BCUT2D eigenvalue weighted by atomic mass is 35.5. The number of halogens is 4. The Hall–Kier alpha value is -2.80. The number of hydrogen-bond donors (Lipinski definition) is 4. The van der Waals surface area contributed by atoms with E-state index in [1.807, 2.05) is 0 Å². The molecule has 9 nitrogen and oxygen atoms in total. The second-order valence-corrected chi connectivity index (χ2v) is 8.81. The minimum atomic E-state index is -5.23. The first-order valence-electron chi connectivity index (χ1n) is 10.4. The molecule has 0 spiro atoms. The highest BCUT2D eigenvalue weighted by Crippen LogP contribution is 2.44. The van der Waals surface area contributed by atoms with Crippen LogP contribution in [0.1, 0.15) is 35.5 Å². The number of methoxy groups -OCH3 is 1. The number of carbonyl (C=O) groups excluding carboxylic acids is 1. The molecule has 2 aromatic rings. The second-order valence-electron chi connectivity index (χ2n) is 8.45. The van der Waals surface area contributed by atoms with Crippen molar-refractivity contribution in [1.29, 1.82) is 0 Å². The van der Waals surface area contributed by atoms with E-state index in [-0.39, 0.29) is 41.6 Å². The second kappa shape index (κ2) is 9.69. The Bertz CT molecular complexity index is 1110. The van der Waals surface area contributed by atoms with E-state index in [1.54, 1.807) is 0 Å². The Morgan fingerprint density at radius 2 is 2.06 bits per heavy atom. The van der Waals surface area contributed by atoms with Crippen molar-refractivity contribution in [2.75, 3.05) is 26.9 Å². The van der Waals surface area contributed by atoms with E-state index < -0.39 is 46.7 Å². The average molecular weight is 520 g/mol. The molecule has 35 heavy (non-hydrogen) atoms. The Morgan fingerprint density at radius 1 is 1.37 bits per heavy atom. The first kappa shape index (κ1) is 26.8. The van der Waals surface area contributed by atoms with E-state index in [0.29, 0.717) is 0 Å². The number of rotatable bonds is 8. The molecular formula is C22H25ClF3N3O6. The summed E-state index contributed by atoms with van der Waals surface area (Å²) in [6, 6.07) is 4.89. The van der Waals surface area contributed by atoms with Crippen LogP contribution in [-0.2, 0) is 11.1 Å². The Morgan fingerprint density at radius 3 is 2.66 bits per heavy atom. The van der Waals surface area contributed by atoms with Crippen molar-refractivity contribution in [3.8, 4) is 17.2 Å². The number of nitrogens with two attached hydrogens (primary N) is 1. The number of nitrogens with one attached hydrogen (secondary N) is 1. The fourth-order valence-corrected chi connectivity index (χ4v) is 3.61. The monoisotopic (exact) mass is 519 g/mol. The van der Waals surface area contributed by atoms with Crippen LogP contribution in [0.15, 0.2) is 24.3 Å². The standard InChI is InChI=1S/C22H25ClF3N3O6/c1-11(30)8-34-14-5-4-12(6-15(14)33-3)19(31)28-9-21(32,22(24,25)26)16-7-13-17(18(23)29-16)35-10-20(13,2)27/h4-7,11,30,32H,8-10,27H2,1-3H3,(H,28,31)/t11-,20?,21?/m1/s1. The summed E-state index contributed by atoms with van der Waals surface area (Å²) in [4.78, 5) is 16.3. The number of benzene rings is 1. The molecule has 0 aliphatic carbocycles. The van der Waals surface area contributed by atoms with Crippen LogP contribution in [0.5, 0.6) is 17.2 Å². The number of pyridine rings is 1. The van der Waals surface area contributed by atoms with Gasteiger partial charge in [-0.05, 0) is 38.1 Å². The third kappa shape index (κ3) is 5.40. The van der Waals surface area contributed by atoms with Crippen molar-refractivity contribution in [2.24, 2.45) is 5.73 Å². The van der Waals surface area contributed by atoms with E-state index in [2.05, 4.69) is 10.3 Å². The summed E-state index contributed by atoms with van der Waals surface area (Å²) in [7, 11) is 1.31. The number of amides is 1. The molecule has 1 aromatic heterocycles. The van der Waals surface area contributed by atoms with E-state index >= 15 is 0 Å². The van der Waals surface area contributed by atoms with Crippen LogP contribution in [-0.4, -0.2) is 60.3 Å². The van der Waals surface area contributed by atoms with Gasteiger partial charge in [0.1, 0.15) is 13.2 Å². The van der Waals surface area contributed by atoms with Gasteiger partial charge >= 0.3 is 6.18 Å². The summed E-state index contributed by atoms with van der Waals surface area (Å²) in [5, 5.41) is 21.7. The molecule has 2 unspecified atom stereocenters. The predicted molar refractivity (Wildman–Crippen MR) is 119 cm³/mol. The molecule has 192 valence electrons. The zero-order chi connectivity index (χ0) is 26.2. The molecule has 0 saturated heterocycles. The molecule has 0 fully saturated rings. The van der Waals surface area contributed by atoms with Crippen LogP contribution in [0.2, 0.25) is 5.15 Å². The van der Waals surface area contributed by atoms with Gasteiger partial charge in [-0.2, -0.15) is 13.2 Å². The number of fused-ring (bicyclic) bond motifs is 1. The Kier molecular flexibility index (Phi) is 7.42. The van der Waals surface area contributed by atoms with Crippen LogP contribution in [0.4, 0.5) is 13.2 Å². The molecule has 13 heteroatoms. The van der Waals surface area contributed by atoms with Crippen LogP contribution in [0.25, 0.3) is 0 Å². The summed E-state index contributed by atoms with van der Waals surface area (Å²) in [5.74, 6) is -0.536. The third-order valence-corrected chi connectivity index (χ3v) is 5.62. The highest BCUT2D eigenvalue weighted by molar-refractivity contribution is 6.31. The SMILES string of the molecule is COc1cc(C(=O)NCC(O)(c2cc3c(c(Cl)n2)OCC3(C)N)C(F)(F)F)ccc1OC[C@@H](C)O. The fourth-order valence-electron chi connectivity index (χ4n) is 3.36. The van der Waals surface area contributed by atoms with Crippen LogP contribution in [0.3, 0.4) is 0 Å². The summed E-state index contributed by atoms with van der Waals surface area (Å²) in [6.45, 7) is 1.72. The van der Waals surface area contributed by atoms with E-state index in [0.717, 1.165) is 6.07 Å². The van der Waals surface area contributed by atoms with Gasteiger partial charge in [0.2, 0.25) is 5.60 Å².